The second-order valence-electron chi connectivity index (χ2n) is 5.22. The average Bonchev–Trinajstić information content (AvgIpc) is 2.46. The summed E-state index contributed by atoms with van der Waals surface area (Å²) in [6.07, 6.45) is -1.38. The molecule has 1 N–H and O–H groups in total. The minimum Gasteiger partial charge on any atom is -0.494 e. The molecule has 1 aromatic carbocycles. The molecule has 0 spiro atoms. The van der Waals surface area contributed by atoms with Crippen molar-refractivity contribution in [1.29, 1.82) is 0 Å². The Kier molecular flexibility index (Phi) is 4.97. The third-order valence-corrected chi connectivity index (χ3v) is 3.46. The van der Waals surface area contributed by atoms with E-state index >= 15 is 0 Å². The summed E-state index contributed by atoms with van der Waals surface area (Å²) in [5.41, 5.74) is 0.509. The Morgan fingerprint density at radius 1 is 1.45 bits per heavy atom. The second kappa shape index (κ2) is 6.74. The van der Waals surface area contributed by atoms with Crippen molar-refractivity contribution in [3.05, 3.63) is 29.6 Å². The van der Waals surface area contributed by atoms with Crippen LogP contribution in [0.4, 0.5) is 4.39 Å². The number of hydrogen-bond donors (Lipinski definition) is 1. The largest absolute Gasteiger partial charge is 0.494 e. The first-order valence-electron chi connectivity index (χ1n) is 6.89. The molecule has 0 aliphatic carbocycles. The summed E-state index contributed by atoms with van der Waals surface area (Å²) in [5.74, 6) is -1.78. The first-order chi connectivity index (χ1) is 10.4. The number of aliphatic carboxylic acids is 1. The fourth-order valence-corrected chi connectivity index (χ4v) is 2.40. The molecule has 1 heterocycles. The van der Waals surface area contributed by atoms with Gasteiger partial charge in [0.25, 0.3) is 0 Å². The van der Waals surface area contributed by atoms with Gasteiger partial charge in [0.05, 0.1) is 26.2 Å². The quantitative estimate of drug-likeness (QED) is 0.900. The number of amides is 1. The summed E-state index contributed by atoms with van der Waals surface area (Å²) >= 11 is 0. The van der Waals surface area contributed by atoms with E-state index < -0.39 is 17.9 Å². The molecule has 120 valence electrons. The zero-order valence-corrected chi connectivity index (χ0v) is 12.4. The molecule has 1 aliphatic rings. The van der Waals surface area contributed by atoms with Crippen molar-refractivity contribution in [1.82, 2.24) is 4.90 Å². The maximum absolute atomic E-state index is 13.6. The van der Waals surface area contributed by atoms with Crippen LogP contribution in [0.2, 0.25) is 0 Å². The van der Waals surface area contributed by atoms with Gasteiger partial charge in [-0.3, -0.25) is 4.79 Å². The molecule has 1 saturated heterocycles. The molecule has 1 aromatic rings. The van der Waals surface area contributed by atoms with Crippen molar-refractivity contribution in [2.24, 2.45) is 0 Å². The number of ether oxygens (including phenoxy) is 2. The highest BCUT2D eigenvalue weighted by Crippen LogP contribution is 2.19. The maximum atomic E-state index is 13.6. The Morgan fingerprint density at radius 2 is 2.18 bits per heavy atom. The van der Waals surface area contributed by atoms with Crippen LogP contribution >= 0.6 is 0 Å². The Bertz CT molecular complexity index is 577. The van der Waals surface area contributed by atoms with E-state index in [0.29, 0.717) is 12.1 Å². The molecule has 7 heteroatoms. The van der Waals surface area contributed by atoms with Crippen LogP contribution in [0, 0.1) is 5.82 Å². The van der Waals surface area contributed by atoms with Gasteiger partial charge in [-0.1, -0.05) is 6.07 Å². The minimum atomic E-state index is -1.10. The number of benzene rings is 1. The van der Waals surface area contributed by atoms with E-state index in [9.17, 15) is 14.0 Å². The zero-order valence-electron chi connectivity index (χ0n) is 12.4. The van der Waals surface area contributed by atoms with Gasteiger partial charge in [0.1, 0.15) is 0 Å². The molecule has 1 amide bonds. The van der Waals surface area contributed by atoms with Gasteiger partial charge in [0.2, 0.25) is 5.91 Å². The molecule has 0 radical (unpaired) electrons. The lowest BCUT2D eigenvalue weighted by atomic mass is 10.1. The zero-order chi connectivity index (χ0) is 16.3. The van der Waals surface area contributed by atoms with E-state index in [0.717, 1.165) is 0 Å². The summed E-state index contributed by atoms with van der Waals surface area (Å²) < 4.78 is 23.7. The van der Waals surface area contributed by atoms with Gasteiger partial charge in [-0.05, 0) is 24.6 Å². The fraction of sp³-hybridized carbons (Fsp3) is 0.467. The normalized spacial score (nSPS) is 21.5. The summed E-state index contributed by atoms with van der Waals surface area (Å²) in [6.45, 7) is 2.03. The Balaban J connectivity index is 2.05. The number of nitrogens with zero attached hydrogens (tertiary/aromatic N) is 1. The molecule has 6 nitrogen and oxygen atoms in total. The molecule has 2 atom stereocenters. The highest BCUT2D eigenvalue weighted by molar-refractivity contribution is 5.80. The smallest absolute Gasteiger partial charge is 0.334 e. The van der Waals surface area contributed by atoms with Crippen LogP contribution in [-0.2, 0) is 20.7 Å². The van der Waals surface area contributed by atoms with E-state index in [1.807, 2.05) is 0 Å². The molecule has 0 saturated carbocycles. The Morgan fingerprint density at radius 3 is 2.77 bits per heavy atom. The monoisotopic (exact) mass is 311 g/mol. The van der Waals surface area contributed by atoms with Crippen molar-refractivity contribution in [3.63, 3.8) is 0 Å². The van der Waals surface area contributed by atoms with Crippen LogP contribution in [0.5, 0.6) is 5.75 Å². The second-order valence-corrected chi connectivity index (χ2v) is 5.22. The van der Waals surface area contributed by atoms with E-state index in [1.165, 1.54) is 24.1 Å². The van der Waals surface area contributed by atoms with Gasteiger partial charge >= 0.3 is 5.97 Å². The molecule has 1 aliphatic heterocycles. The number of rotatable bonds is 4. The Labute approximate surface area is 127 Å². The van der Waals surface area contributed by atoms with Gasteiger partial charge in [-0.15, -0.1) is 0 Å². The van der Waals surface area contributed by atoms with Crippen molar-refractivity contribution in [2.45, 2.75) is 25.6 Å². The highest BCUT2D eigenvalue weighted by Gasteiger charge is 2.32. The van der Waals surface area contributed by atoms with Crippen molar-refractivity contribution < 1.29 is 28.6 Å². The third-order valence-electron chi connectivity index (χ3n) is 3.46. The van der Waals surface area contributed by atoms with E-state index in [1.54, 1.807) is 13.0 Å². The average molecular weight is 311 g/mol. The number of hydrogen-bond acceptors (Lipinski definition) is 4. The van der Waals surface area contributed by atoms with Gasteiger partial charge in [0.15, 0.2) is 17.7 Å². The first kappa shape index (κ1) is 16.2. The van der Waals surface area contributed by atoms with Gasteiger partial charge < -0.3 is 19.5 Å². The third kappa shape index (κ3) is 3.73. The standard InChI is InChI=1S/C15H18FNO5/c1-9-7-17(8-13(22-9)15(19)20)14(18)6-10-3-4-12(21-2)11(16)5-10/h3-5,9,13H,6-8H2,1-2H3,(H,19,20)/t9-,13+/m1/s1. The molecular formula is C15H18FNO5. The van der Waals surface area contributed by atoms with Crippen molar-refractivity contribution in [3.8, 4) is 5.75 Å². The van der Waals surface area contributed by atoms with Gasteiger partial charge in [-0.25, -0.2) is 9.18 Å². The van der Waals surface area contributed by atoms with Crippen molar-refractivity contribution in [2.75, 3.05) is 20.2 Å². The van der Waals surface area contributed by atoms with E-state index in [2.05, 4.69) is 0 Å². The lowest BCUT2D eigenvalue weighted by molar-refractivity contribution is -0.166. The topological polar surface area (TPSA) is 76.1 Å². The van der Waals surface area contributed by atoms with Gasteiger partial charge in [-0.2, -0.15) is 0 Å². The van der Waals surface area contributed by atoms with Crippen LogP contribution in [-0.4, -0.2) is 54.3 Å². The maximum Gasteiger partial charge on any atom is 0.334 e. The van der Waals surface area contributed by atoms with Crippen LogP contribution in [0.3, 0.4) is 0 Å². The first-order valence-corrected chi connectivity index (χ1v) is 6.89. The molecule has 0 bridgehead atoms. The van der Waals surface area contributed by atoms with Crippen LogP contribution in [0.25, 0.3) is 0 Å². The summed E-state index contributed by atoms with van der Waals surface area (Å²) in [5, 5.41) is 9.01. The predicted octanol–water partition coefficient (Wildman–Crippen LogP) is 1.08. The number of morpholine rings is 1. The summed E-state index contributed by atoms with van der Waals surface area (Å²) in [4.78, 5) is 24.7. The van der Waals surface area contributed by atoms with Crippen molar-refractivity contribution >= 4 is 11.9 Å². The summed E-state index contributed by atoms with van der Waals surface area (Å²) in [7, 11) is 1.37. The van der Waals surface area contributed by atoms with Crippen LogP contribution < -0.4 is 4.74 Å². The van der Waals surface area contributed by atoms with Crippen LogP contribution in [0.15, 0.2) is 18.2 Å². The minimum absolute atomic E-state index is 0.0000265. The molecule has 0 aromatic heterocycles. The van der Waals surface area contributed by atoms with Crippen LogP contribution in [0.1, 0.15) is 12.5 Å². The lowest BCUT2D eigenvalue weighted by Gasteiger charge is -2.35. The highest BCUT2D eigenvalue weighted by atomic mass is 19.1. The SMILES string of the molecule is COc1ccc(CC(=O)N2C[C@@H](C)O[C@H](C(=O)O)C2)cc1F. The number of halogens is 1. The Hall–Kier alpha value is -2.15. The number of carbonyl (C=O) groups is 2. The number of methoxy groups -OCH3 is 1. The molecule has 0 unspecified atom stereocenters. The van der Waals surface area contributed by atoms with Gasteiger partial charge in [0, 0.05) is 6.54 Å². The lowest BCUT2D eigenvalue weighted by Crippen LogP contribution is -2.52. The van der Waals surface area contributed by atoms with E-state index in [-0.39, 0.29) is 30.7 Å². The summed E-state index contributed by atoms with van der Waals surface area (Å²) in [6, 6.07) is 4.31. The fourth-order valence-electron chi connectivity index (χ4n) is 2.40. The number of carboxylic acids is 1. The predicted molar refractivity (Wildman–Crippen MR) is 75.2 cm³/mol. The van der Waals surface area contributed by atoms with E-state index in [4.69, 9.17) is 14.6 Å². The molecule has 22 heavy (non-hydrogen) atoms. The molecule has 2 rings (SSSR count). The number of carboxylic acid groups (broad SMARTS) is 1. The molecule has 1 fully saturated rings. The molecular weight excluding hydrogens is 293 g/mol. The number of carbonyl (C=O) groups excluding carboxylic acids is 1.